The van der Waals surface area contributed by atoms with Gasteiger partial charge in [0.05, 0.1) is 6.67 Å². The Kier molecular flexibility index (Phi) is 6.49. The van der Waals surface area contributed by atoms with E-state index in [0.29, 0.717) is 19.4 Å². The highest BCUT2D eigenvalue weighted by atomic mass is 19.1. The maximum atomic E-state index is 11.9. The first-order chi connectivity index (χ1) is 6.10. The minimum Gasteiger partial charge on any atom is -0.481 e. The fourth-order valence-electron chi connectivity index (χ4n) is 1.38. The summed E-state index contributed by atoms with van der Waals surface area (Å²) in [6, 6.07) is 0. The standard InChI is InChI=1S/C9H18FNO2/c1-7(2-3-10)4-8(6-11)5-9(12)13/h7-8H,2-6,11H2,1H3,(H,12,13). The second-order valence-electron chi connectivity index (χ2n) is 3.52. The molecule has 13 heavy (non-hydrogen) atoms. The van der Waals surface area contributed by atoms with Gasteiger partial charge in [-0.25, -0.2) is 0 Å². The van der Waals surface area contributed by atoms with E-state index in [2.05, 4.69) is 0 Å². The molecule has 0 aromatic rings. The van der Waals surface area contributed by atoms with Gasteiger partial charge in [0.15, 0.2) is 0 Å². The van der Waals surface area contributed by atoms with E-state index < -0.39 is 5.97 Å². The molecular weight excluding hydrogens is 173 g/mol. The van der Waals surface area contributed by atoms with Crippen LogP contribution in [0.5, 0.6) is 0 Å². The summed E-state index contributed by atoms with van der Waals surface area (Å²) >= 11 is 0. The van der Waals surface area contributed by atoms with E-state index in [9.17, 15) is 9.18 Å². The molecule has 0 saturated carbocycles. The van der Waals surface area contributed by atoms with Crippen molar-refractivity contribution >= 4 is 5.97 Å². The predicted octanol–water partition coefficient (Wildman–Crippen LogP) is 1.42. The molecule has 0 aromatic heterocycles. The third kappa shape index (κ3) is 6.51. The van der Waals surface area contributed by atoms with Crippen LogP contribution in [0.3, 0.4) is 0 Å². The molecule has 0 amide bonds. The summed E-state index contributed by atoms with van der Waals surface area (Å²) in [5.41, 5.74) is 5.41. The van der Waals surface area contributed by atoms with Crippen molar-refractivity contribution in [3.05, 3.63) is 0 Å². The quantitative estimate of drug-likeness (QED) is 0.639. The first-order valence-corrected chi connectivity index (χ1v) is 4.58. The number of rotatable bonds is 7. The molecule has 4 heteroatoms. The lowest BCUT2D eigenvalue weighted by Gasteiger charge is -2.16. The highest BCUT2D eigenvalue weighted by Crippen LogP contribution is 2.17. The van der Waals surface area contributed by atoms with Crippen LogP contribution in [-0.2, 0) is 4.79 Å². The van der Waals surface area contributed by atoms with Crippen LogP contribution in [0.2, 0.25) is 0 Å². The number of hydrogen-bond donors (Lipinski definition) is 2. The highest BCUT2D eigenvalue weighted by molar-refractivity contribution is 5.67. The minimum atomic E-state index is -0.831. The molecule has 0 fully saturated rings. The average molecular weight is 191 g/mol. The predicted molar refractivity (Wildman–Crippen MR) is 49.2 cm³/mol. The Morgan fingerprint density at radius 2 is 2.23 bits per heavy atom. The average Bonchev–Trinajstić information content (AvgIpc) is 2.02. The number of halogens is 1. The molecule has 2 atom stereocenters. The smallest absolute Gasteiger partial charge is 0.303 e. The van der Waals surface area contributed by atoms with Gasteiger partial charge in [0.2, 0.25) is 0 Å². The van der Waals surface area contributed by atoms with E-state index in [-0.39, 0.29) is 24.9 Å². The molecule has 0 aliphatic carbocycles. The van der Waals surface area contributed by atoms with E-state index >= 15 is 0 Å². The van der Waals surface area contributed by atoms with Gasteiger partial charge in [-0.1, -0.05) is 6.92 Å². The number of carboxylic acid groups (broad SMARTS) is 1. The number of nitrogens with two attached hydrogens (primary N) is 1. The number of carboxylic acids is 1. The minimum absolute atomic E-state index is 0.0148. The molecule has 0 heterocycles. The Labute approximate surface area is 78.1 Å². The van der Waals surface area contributed by atoms with Crippen molar-refractivity contribution in [1.82, 2.24) is 0 Å². The van der Waals surface area contributed by atoms with E-state index in [1.807, 2.05) is 6.92 Å². The van der Waals surface area contributed by atoms with E-state index in [1.54, 1.807) is 0 Å². The van der Waals surface area contributed by atoms with Crippen molar-refractivity contribution in [3.63, 3.8) is 0 Å². The molecule has 3 nitrogen and oxygen atoms in total. The maximum absolute atomic E-state index is 11.9. The Morgan fingerprint density at radius 1 is 1.62 bits per heavy atom. The number of aliphatic carboxylic acids is 1. The van der Waals surface area contributed by atoms with Crippen molar-refractivity contribution in [2.45, 2.75) is 26.2 Å². The lowest BCUT2D eigenvalue weighted by Crippen LogP contribution is -2.20. The first kappa shape index (κ1) is 12.4. The molecule has 0 saturated heterocycles. The van der Waals surface area contributed by atoms with Crippen LogP contribution in [0.15, 0.2) is 0 Å². The zero-order valence-corrected chi connectivity index (χ0v) is 8.00. The van der Waals surface area contributed by atoms with Crippen LogP contribution in [-0.4, -0.2) is 24.3 Å². The number of carbonyl (C=O) groups is 1. The summed E-state index contributed by atoms with van der Waals surface area (Å²) in [5.74, 6) is -0.625. The molecule has 0 aliphatic heterocycles. The van der Waals surface area contributed by atoms with Crippen LogP contribution in [0.1, 0.15) is 26.2 Å². The molecule has 2 unspecified atom stereocenters. The van der Waals surface area contributed by atoms with Gasteiger partial charge in [-0.15, -0.1) is 0 Å². The lowest BCUT2D eigenvalue weighted by atomic mass is 9.91. The van der Waals surface area contributed by atoms with Crippen LogP contribution in [0.4, 0.5) is 4.39 Å². The van der Waals surface area contributed by atoms with Gasteiger partial charge >= 0.3 is 5.97 Å². The fraction of sp³-hybridized carbons (Fsp3) is 0.889. The fourth-order valence-corrected chi connectivity index (χ4v) is 1.38. The molecule has 78 valence electrons. The molecule has 0 spiro atoms. The van der Waals surface area contributed by atoms with Gasteiger partial charge in [-0.2, -0.15) is 0 Å². The summed E-state index contributed by atoms with van der Waals surface area (Å²) in [5, 5.41) is 8.53. The molecular formula is C9H18FNO2. The lowest BCUT2D eigenvalue weighted by molar-refractivity contribution is -0.138. The zero-order chi connectivity index (χ0) is 10.3. The topological polar surface area (TPSA) is 63.3 Å². The van der Waals surface area contributed by atoms with Gasteiger partial charge in [-0.05, 0) is 31.2 Å². The zero-order valence-electron chi connectivity index (χ0n) is 8.00. The third-order valence-electron chi connectivity index (χ3n) is 2.13. The van der Waals surface area contributed by atoms with E-state index in [0.717, 1.165) is 0 Å². The maximum Gasteiger partial charge on any atom is 0.303 e. The molecule has 0 aromatic carbocycles. The Bertz CT molecular complexity index is 153. The van der Waals surface area contributed by atoms with Crippen LogP contribution in [0.25, 0.3) is 0 Å². The molecule has 0 bridgehead atoms. The van der Waals surface area contributed by atoms with Gasteiger partial charge < -0.3 is 10.8 Å². The van der Waals surface area contributed by atoms with Crippen molar-refractivity contribution in [1.29, 1.82) is 0 Å². The number of alkyl halides is 1. The summed E-state index contributed by atoms with van der Waals surface area (Å²) in [6.45, 7) is 1.94. The first-order valence-electron chi connectivity index (χ1n) is 4.58. The summed E-state index contributed by atoms with van der Waals surface area (Å²) < 4.78 is 11.9. The van der Waals surface area contributed by atoms with Crippen molar-refractivity contribution in [3.8, 4) is 0 Å². The molecule has 0 aliphatic rings. The van der Waals surface area contributed by atoms with Gasteiger partial charge in [0, 0.05) is 6.42 Å². The van der Waals surface area contributed by atoms with Crippen molar-refractivity contribution in [2.24, 2.45) is 17.6 Å². The monoisotopic (exact) mass is 191 g/mol. The second-order valence-corrected chi connectivity index (χ2v) is 3.52. The Balaban J connectivity index is 3.75. The van der Waals surface area contributed by atoms with E-state index in [1.165, 1.54) is 0 Å². The summed E-state index contributed by atoms with van der Waals surface area (Å²) in [6.07, 6.45) is 1.29. The molecule has 0 radical (unpaired) electrons. The van der Waals surface area contributed by atoms with Crippen molar-refractivity contribution < 1.29 is 14.3 Å². The molecule has 3 N–H and O–H groups in total. The van der Waals surface area contributed by atoms with Gasteiger partial charge in [0.25, 0.3) is 0 Å². The second kappa shape index (κ2) is 6.83. The van der Waals surface area contributed by atoms with Crippen LogP contribution < -0.4 is 5.73 Å². The normalized spacial score (nSPS) is 15.3. The van der Waals surface area contributed by atoms with Gasteiger partial charge in [0.1, 0.15) is 0 Å². The largest absolute Gasteiger partial charge is 0.481 e. The van der Waals surface area contributed by atoms with Crippen LogP contribution >= 0.6 is 0 Å². The van der Waals surface area contributed by atoms with Crippen LogP contribution in [0, 0.1) is 11.8 Å². The number of hydrogen-bond acceptors (Lipinski definition) is 2. The Morgan fingerprint density at radius 3 is 2.62 bits per heavy atom. The summed E-state index contributed by atoms with van der Waals surface area (Å²) in [7, 11) is 0. The SMILES string of the molecule is CC(CCF)CC(CN)CC(=O)O. The van der Waals surface area contributed by atoms with Crippen molar-refractivity contribution in [2.75, 3.05) is 13.2 Å². The molecule has 0 rings (SSSR count). The van der Waals surface area contributed by atoms with Gasteiger partial charge in [-0.3, -0.25) is 9.18 Å². The third-order valence-corrected chi connectivity index (χ3v) is 2.13. The van der Waals surface area contributed by atoms with E-state index in [4.69, 9.17) is 10.8 Å². The summed E-state index contributed by atoms with van der Waals surface area (Å²) in [4.78, 5) is 10.4. The highest BCUT2D eigenvalue weighted by Gasteiger charge is 2.14. The Hall–Kier alpha value is -0.640.